The summed E-state index contributed by atoms with van der Waals surface area (Å²) < 4.78 is 13.0. The molecule has 0 aliphatic carbocycles. The molecule has 0 saturated carbocycles. The molecule has 3 heteroatoms. The van der Waals surface area contributed by atoms with E-state index in [0.29, 0.717) is 5.56 Å². The van der Waals surface area contributed by atoms with Crippen LogP contribution in [0.4, 0.5) is 4.39 Å². The van der Waals surface area contributed by atoms with Gasteiger partial charge in [-0.05, 0) is 53.8 Å². The van der Waals surface area contributed by atoms with Gasteiger partial charge in [-0.25, -0.2) is 4.39 Å². The van der Waals surface area contributed by atoms with Crippen LogP contribution in [0, 0.1) is 5.82 Å². The molecule has 0 fully saturated rings. The molecule has 0 aliphatic rings. The number of phenolic OH excluding ortho intramolecular Hbond substituents is 1. The van der Waals surface area contributed by atoms with Crippen molar-refractivity contribution in [2.75, 3.05) is 0 Å². The number of carbonyl (C=O) groups is 1. The van der Waals surface area contributed by atoms with Crippen LogP contribution < -0.4 is 0 Å². The van der Waals surface area contributed by atoms with Gasteiger partial charge < -0.3 is 5.11 Å². The number of halogens is 1. The molecule has 20 heavy (non-hydrogen) atoms. The molecule has 104 valence electrons. The highest BCUT2D eigenvalue weighted by Crippen LogP contribution is 2.34. The maximum absolute atomic E-state index is 13.0. The summed E-state index contributed by atoms with van der Waals surface area (Å²) in [5.74, 6) is -0.344. The lowest BCUT2D eigenvalue weighted by molar-refractivity contribution is 0.101. The average molecular weight is 272 g/mol. The highest BCUT2D eigenvalue weighted by molar-refractivity contribution is 6.03. The molecule has 0 heterocycles. The summed E-state index contributed by atoms with van der Waals surface area (Å²) in [5, 5.41) is 10.1. The Morgan fingerprint density at radius 2 is 1.75 bits per heavy atom. The number of ketones is 1. The largest absolute Gasteiger partial charge is 0.507 e. The van der Waals surface area contributed by atoms with E-state index in [2.05, 4.69) is 0 Å². The number of hydrogen-bond donors (Lipinski definition) is 1. The number of phenols is 1. The first-order chi connectivity index (χ1) is 9.40. The maximum Gasteiger partial charge on any atom is 0.164 e. The lowest BCUT2D eigenvalue weighted by atomic mass is 9.91. The second kappa shape index (κ2) is 5.45. The number of Topliss-reactive ketones (excluding diaryl/α,β-unsaturated/α-hetero) is 1. The standard InChI is InChI=1S/C17H17FO2/c1-10(2)13-8-15(12-4-6-14(18)7-5-12)17(11(3)19)16(20)9-13/h4-10,20H,1-3H3. The van der Waals surface area contributed by atoms with Gasteiger partial charge in [0.15, 0.2) is 5.78 Å². The Morgan fingerprint density at radius 3 is 2.25 bits per heavy atom. The smallest absolute Gasteiger partial charge is 0.164 e. The van der Waals surface area contributed by atoms with Crippen LogP contribution in [0.25, 0.3) is 11.1 Å². The molecular weight excluding hydrogens is 255 g/mol. The minimum atomic E-state index is -0.331. The molecule has 2 aromatic rings. The van der Waals surface area contributed by atoms with Gasteiger partial charge in [-0.2, -0.15) is 0 Å². The summed E-state index contributed by atoms with van der Waals surface area (Å²) in [7, 11) is 0. The number of benzene rings is 2. The molecule has 0 spiro atoms. The topological polar surface area (TPSA) is 37.3 Å². The van der Waals surface area contributed by atoms with E-state index in [4.69, 9.17) is 0 Å². The van der Waals surface area contributed by atoms with Crippen molar-refractivity contribution in [3.8, 4) is 16.9 Å². The minimum Gasteiger partial charge on any atom is -0.507 e. The summed E-state index contributed by atoms with van der Waals surface area (Å²) in [4.78, 5) is 11.8. The third-order valence-corrected chi connectivity index (χ3v) is 3.31. The Bertz CT molecular complexity index is 643. The zero-order chi connectivity index (χ0) is 14.9. The van der Waals surface area contributed by atoms with Gasteiger partial charge in [-0.15, -0.1) is 0 Å². The SMILES string of the molecule is CC(=O)c1c(O)cc(C(C)C)cc1-c1ccc(F)cc1. The fraction of sp³-hybridized carbons (Fsp3) is 0.235. The van der Waals surface area contributed by atoms with Crippen molar-refractivity contribution in [3.05, 3.63) is 53.3 Å². The Hall–Kier alpha value is -2.16. The van der Waals surface area contributed by atoms with Crippen LogP contribution in [0.1, 0.15) is 42.6 Å². The van der Waals surface area contributed by atoms with Crippen molar-refractivity contribution in [2.45, 2.75) is 26.7 Å². The van der Waals surface area contributed by atoms with Gasteiger partial charge >= 0.3 is 0 Å². The first kappa shape index (κ1) is 14.3. The first-order valence-corrected chi connectivity index (χ1v) is 6.54. The molecule has 2 aromatic carbocycles. The predicted octanol–water partition coefficient (Wildman–Crippen LogP) is 4.52. The maximum atomic E-state index is 13.0. The Kier molecular flexibility index (Phi) is 3.89. The Balaban J connectivity index is 2.70. The third-order valence-electron chi connectivity index (χ3n) is 3.31. The van der Waals surface area contributed by atoms with Crippen molar-refractivity contribution in [2.24, 2.45) is 0 Å². The Labute approximate surface area is 117 Å². The highest BCUT2D eigenvalue weighted by atomic mass is 19.1. The molecule has 2 nitrogen and oxygen atoms in total. The normalized spacial score (nSPS) is 10.8. The predicted molar refractivity (Wildman–Crippen MR) is 77.6 cm³/mol. The molecule has 0 atom stereocenters. The van der Waals surface area contributed by atoms with E-state index in [0.717, 1.165) is 11.1 Å². The van der Waals surface area contributed by atoms with Crippen LogP contribution in [0.2, 0.25) is 0 Å². The molecule has 0 saturated heterocycles. The number of hydrogen-bond acceptors (Lipinski definition) is 2. The van der Waals surface area contributed by atoms with Crippen molar-refractivity contribution in [1.29, 1.82) is 0 Å². The molecule has 0 aromatic heterocycles. The molecule has 0 bridgehead atoms. The van der Waals surface area contributed by atoms with E-state index in [1.807, 2.05) is 19.9 Å². The van der Waals surface area contributed by atoms with Crippen molar-refractivity contribution < 1.29 is 14.3 Å². The third kappa shape index (κ3) is 2.72. The number of aromatic hydroxyl groups is 1. The van der Waals surface area contributed by atoms with E-state index in [1.54, 1.807) is 18.2 Å². The van der Waals surface area contributed by atoms with Gasteiger partial charge in [0.2, 0.25) is 0 Å². The van der Waals surface area contributed by atoms with Gasteiger partial charge in [0.05, 0.1) is 5.56 Å². The Morgan fingerprint density at radius 1 is 1.15 bits per heavy atom. The number of rotatable bonds is 3. The van der Waals surface area contributed by atoms with Gasteiger partial charge in [0.25, 0.3) is 0 Å². The quantitative estimate of drug-likeness (QED) is 0.834. The van der Waals surface area contributed by atoms with Crippen LogP contribution in [-0.4, -0.2) is 10.9 Å². The summed E-state index contributed by atoms with van der Waals surface area (Å²) in [6.07, 6.45) is 0. The van der Waals surface area contributed by atoms with E-state index in [9.17, 15) is 14.3 Å². The van der Waals surface area contributed by atoms with Crippen LogP contribution >= 0.6 is 0 Å². The van der Waals surface area contributed by atoms with Gasteiger partial charge in [0.1, 0.15) is 11.6 Å². The van der Waals surface area contributed by atoms with E-state index in [-0.39, 0.29) is 28.8 Å². The second-order valence-electron chi connectivity index (χ2n) is 5.18. The molecule has 0 amide bonds. The molecule has 0 aliphatic heterocycles. The van der Waals surface area contributed by atoms with E-state index in [1.165, 1.54) is 19.1 Å². The van der Waals surface area contributed by atoms with Crippen molar-refractivity contribution in [1.82, 2.24) is 0 Å². The summed E-state index contributed by atoms with van der Waals surface area (Å²) in [6, 6.07) is 9.42. The zero-order valence-corrected chi connectivity index (χ0v) is 11.8. The van der Waals surface area contributed by atoms with Gasteiger partial charge in [-0.1, -0.05) is 26.0 Å². The monoisotopic (exact) mass is 272 g/mol. The van der Waals surface area contributed by atoms with Crippen LogP contribution in [0.5, 0.6) is 5.75 Å². The molecule has 0 radical (unpaired) electrons. The lowest BCUT2D eigenvalue weighted by Gasteiger charge is -2.14. The van der Waals surface area contributed by atoms with Crippen molar-refractivity contribution >= 4 is 5.78 Å². The molecule has 0 unspecified atom stereocenters. The van der Waals surface area contributed by atoms with E-state index < -0.39 is 0 Å². The van der Waals surface area contributed by atoms with Crippen LogP contribution in [0.3, 0.4) is 0 Å². The highest BCUT2D eigenvalue weighted by Gasteiger charge is 2.17. The van der Waals surface area contributed by atoms with Crippen LogP contribution in [0.15, 0.2) is 36.4 Å². The minimum absolute atomic E-state index is 0.0250. The molecular formula is C17H17FO2. The fourth-order valence-electron chi connectivity index (χ4n) is 2.21. The lowest BCUT2D eigenvalue weighted by Crippen LogP contribution is -2.00. The van der Waals surface area contributed by atoms with Crippen LogP contribution in [-0.2, 0) is 0 Å². The molecule has 2 rings (SSSR count). The molecule has 1 N–H and O–H groups in total. The summed E-state index contributed by atoms with van der Waals surface area (Å²) in [5.41, 5.74) is 2.57. The van der Waals surface area contributed by atoms with Gasteiger partial charge in [0, 0.05) is 0 Å². The van der Waals surface area contributed by atoms with Crippen molar-refractivity contribution in [3.63, 3.8) is 0 Å². The fourth-order valence-corrected chi connectivity index (χ4v) is 2.21. The zero-order valence-electron chi connectivity index (χ0n) is 11.8. The van der Waals surface area contributed by atoms with Gasteiger partial charge in [-0.3, -0.25) is 4.79 Å². The number of carbonyl (C=O) groups excluding carboxylic acids is 1. The first-order valence-electron chi connectivity index (χ1n) is 6.54. The van der Waals surface area contributed by atoms with E-state index >= 15 is 0 Å². The second-order valence-corrected chi connectivity index (χ2v) is 5.18. The average Bonchev–Trinajstić information content (AvgIpc) is 2.38. The summed E-state index contributed by atoms with van der Waals surface area (Å²) >= 11 is 0. The summed E-state index contributed by atoms with van der Waals surface area (Å²) in [6.45, 7) is 5.43.